The van der Waals surface area contributed by atoms with Crippen LogP contribution in [0.3, 0.4) is 0 Å². The van der Waals surface area contributed by atoms with E-state index in [1.807, 2.05) is 0 Å². The SMILES string of the molecule is O=C(Cc1ccc(F)cc1Cl)NC1CCC(C(=O)O)CC1. The molecule has 1 aliphatic carbocycles. The molecule has 21 heavy (non-hydrogen) atoms. The van der Waals surface area contributed by atoms with Crippen LogP contribution in [-0.4, -0.2) is 23.0 Å². The number of nitrogens with one attached hydrogen (secondary N) is 1. The minimum Gasteiger partial charge on any atom is -0.481 e. The molecule has 0 heterocycles. The first-order chi connectivity index (χ1) is 9.95. The first kappa shape index (κ1) is 15.8. The fraction of sp³-hybridized carbons (Fsp3) is 0.467. The first-order valence-corrected chi connectivity index (χ1v) is 7.29. The van der Waals surface area contributed by atoms with Crippen LogP contribution in [0, 0.1) is 11.7 Å². The number of carbonyl (C=O) groups is 2. The summed E-state index contributed by atoms with van der Waals surface area (Å²) < 4.78 is 12.9. The Balaban J connectivity index is 1.84. The molecule has 4 nitrogen and oxygen atoms in total. The van der Waals surface area contributed by atoms with Crippen molar-refractivity contribution in [3.8, 4) is 0 Å². The van der Waals surface area contributed by atoms with Crippen LogP contribution in [0.5, 0.6) is 0 Å². The average Bonchev–Trinajstić information content (AvgIpc) is 2.42. The second-order valence-electron chi connectivity index (χ2n) is 5.37. The highest BCUT2D eigenvalue weighted by Gasteiger charge is 2.26. The number of hydrogen-bond acceptors (Lipinski definition) is 2. The molecule has 0 unspecified atom stereocenters. The number of hydrogen-bond donors (Lipinski definition) is 2. The van der Waals surface area contributed by atoms with Crippen molar-refractivity contribution >= 4 is 23.5 Å². The third-order valence-electron chi connectivity index (χ3n) is 3.81. The standard InChI is InChI=1S/C15H17ClFNO3/c16-13-8-11(17)4-1-10(13)7-14(19)18-12-5-2-9(3-6-12)15(20)21/h1,4,8-9,12H,2-3,5-7H2,(H,18,19)(H,20,21). The number of carboxylic acids is 1. The van der Waals surface area contributed by atoms with E-state index in [2.05, 4.69) is 5.32 Å². The normalized spacial score (nSPS) is 21.8. The zero-order valence-corrected chi connectivity index (χ0v) is 12.2. The third kappa shape index (κ3) is 4.43. The van der Waals surface area contributed by atoms with Crippen LogP contribution in [0.4, 0.5) is 4.39 Å². The van der Waals surface area contributed by atoms with Gasteiger partial charge in [0.25, 0.3) is 0 Å². The summed E-state index contributed by atoms with van der Waals surface area (Å²) in [7, 11) is 0. The van der Waals surface area contributed by atoms with Gasteiger partial charge in [-0.3, -0.25) is 9.59 Å². The van der Waals surface area contributed by atoms with E-state index < -0.39 is 11.8 Å². The molecular formula is C15H17ClFNO3. The summed E-state index contributed by atoms with van der Waals surface area (Å²) in [4.78, 5) is 22.8. The molecule has 1 aliphatic rings. The molecule has 0 bridgehead atoms. The summed E-state index contributed by atoms with van der Waals surface area (Å²) in [5, 5.41) is 12.0. The molecule has 0 atom stereocenters. The van der Waals surface area contributed by atoms with E-state index in [1.54, 1.807) is 0 Å². The lowest BCUT2D eigenvalue weighted by molar-refractivity contribution is -0.142. The lowest BCUT2D eigenvalue weighted by atomic mass is 9.86. The second-order valence-corrected chi connectivity index (χ2v) is 5.77. The number of amides is 1. The Hall–Kier alpha value is -1.62. The Labute approximate surface area is 127 Å². The minimum atomic E-state index is -0.766. The molecule has 0 spiro atoms. The molecule has 0 aliphatic heterocycles. The van der Waals surface area contributed by atoms with E-state index in [9.17, 15) is 14.0 Å². The Morgan fingerprint density at radius 1 is 1.29 bits per heavy atom. The van der Waals surface area contributed by atoms with Gasteiger partial charge in [0.15, 0.2) is 0 Å². The van der Waals surface area contributed by atoms with Crippen molar-refractivity contribution in [2.45, 2.75) is 38.1 Å². The maximum absolute atomic E-state index is 12.9. The predicted octanol–water partition coefficient (Wildman–Crippen LogP) is 2.78. The number of rotatable bonds is 4. The smallest absolute Gasteiger partial charge is 0.306 e. The number of aliphatic carboxylic acids is 1. The molecule has 1 fully saturated rings. The minimum absolute atomic E-state index is 0.00678. The quantitative estimate of drug-likeness (QED) is 0.898. The van der Waals surface area contributed by atoms with Gasteiger partial charge >= 0.3 is 5.97 Å². The molecule has 1 aromatic carbocycles. The number of benzene rings is 1. The van der Waals surface area contributed by atoms with Crippen LogP contribution < -0.4 is 5.32 Å². The van der Waals surface area contributed by atoms with E-state index in [-0.39, 0.29) is 29.3 Å². The molecule has 1 amide bonds. The van der Waals surface area contributed by atoms with Gasteiger partial charge in [0.1, 0.15) is 5.82 Å². The van der Waals surface area contributed by atoms with Crippen LogP contribution in [-0.2, 0) is 16.0 Å². The lowest BCUT2D eigenvalue weighted by Crippen LogP contribution is -2.39. The number of carboxylic acid groups (broad SMARTS) is 1. The fourth-order valence-electron chi connectivity index (χ4n) is 2.60. The summed E-state index contributed by atoms with van der Waals surface area (Å²) in [5.41, 5.74) is 0.579. The van der Waals surface area contributed by atoms with E-state index >= 15 is 0 Å². The average molecular weight is 314 g/mol. The van der Waals surface area contributed by atoms with Crippen molar-refractivity contribution in [2.75, 3.05) is 0 Å². The largest absolute Gasteiger partial charge is 0.481 e. The molecule has 2 rings (SSSR count). The van der Waals surface area contributed by atoms with Gasteiger partial charge < -0.3 is 10.4 Å². The summed E-state index contributed by atoms with van der Waals surface area (Å²) in [5.74, 6) is -1.68. The first-order valence-electron chi connectivity index (χ1n) is 6.92. The fourth-order valence-corrected chi connectivity index (χ4v) is 2.84. The van der Waals surface area contributed by atoms with Gasteiger partial charge in [0, 0.05) is 11.1 Å². The number of halogens is 2. The molecule has 1 saturated carbocycles. The molecule has 0 radical (unpaired) electrons. The van der Waals surface area contributed by atoms with Crippen LogP contribution in [0.1, 0.15) is 31.2 Å². The zero-order valence-electron chi connectivity index (χ0n) is 11.4. The van der Waals surface area contributed by atoms with Gasteiger partial charge in [-0.15, -0.1) is 0 Å². The van der Waals surface area contributed by atoms with Crippen molar-refractivity contribution in [1.29, 1.82) is 0 Å². The Kier molecular flexibility index (Phi) is 5.17. The molecule has 2 N–H and O–H groups in total. The van der Waals surface area contributed by atoms with Crippen LogP contribution in [0.2, 0.25) is 5.02 Å². The topological polar surface area (TPSA) is 66.4 Å². The Morgan fingerprint density at radius 2 is 1.95 bits per heavy atom. The second kappa shape index (κ2) is 6.89. The Bertz CT molecular complexity index is 542. The highest BCUT2D eigenvalue weighted by Crippen LogP contribution is 2.24. The summed E-state index contributed by atoms with van der Waals surface area (Å²) >= 11 is 5.89. The van der Waals surface area contributed by atoms with Gasteiger partial charge in [-0.2, -0.15) is 0 Å². The summed E-state index contributed by atoms with van der Waals surface area (Å²) in [6, 6.07) is 3.96. The summed E-state index contributed by atoms with van der Waals surface area (Å²) in [6.07, 6.45) is 2.59. The molecule has 0 saturated heterocycles. The monoisotopic (exact) mass is 313 g/mol. The highest BCUT2D eigenvalue weighted by atomic mass is 35.5. The van der Waals surface area contributed by atoms with E-state index in [4.69, 9.17) is 16.7 Å². The van der Waals surface area contributed by atoms with Gasteiger partial charge in [0.05, 0.1) is 12.3 Å². The summed E-state index contributed by atoms with van der Waals surface area (Å²) in [6.45, 7) is 0. The Morgan fingerprint density at radius 3 is 2.52 bits per heavy atom. The van der Waals surface area contributed by atoms with Crippen molar-refractivity contribution in [3.63, 3.8) is 0 Å². The van der Waals surface area contributed by atoms with Gasteiger partial charge in [-0.25, -0.2) is 4.39 Å². The zero-order chi connectivity index (χ0) is 15.4. The molecule has 114 valence electrons. The molecule has 1 aromatic rings. The van der Waals surface area contributed by atoms with Crippen molar-refractivity contribution in [2.24, 2.45) is 5.92 Å². The van der Waals surface area contributed by atoms with Crippen molar-refractivity contribution < 1.29 is 19.1 Å². The highest BCUT2D eigenvalue weighted by molar-refractivity contribution is 6.31. The van der Waals surface area contributed by atoms with Gasteiger partial charge in [0.2, 0.25) is 5.91 Å². The van der Waals surface area contributed by atoms with Crippen LogP contribution in [0.15, 0.2) is 18.2 Å². The third-order valence-corrected chi connectivity index (χ3v) is 4.16. The molecule has 6 heteroatoms. The lowest BCUT2D eigenvalue weighted by Gasteiger charge is -2.26. The molecular weight excluding hydrogens is 297 g/mol. The van der Waals surface area contributed by atoms with Gasteiger partial charge in [-0.1, -0.05) is 17.7 Å². The van der Waals surface area contributed by atoms with E-state index in [0.29, 0.717) is 31.2 Å². The van der Waals surface area contributed by atoms with Gasteiger partial charge in [-0.05, 0) is 43.4 Å². The van der Waals surface area contributed by atoms with Crippen molar-refractivity contribution in [1.82, 2.24) is 5.32 Å². The van der Waals surface area contributed by atoms with Crippen LogP contribution in [0.25, 0.3) is 0 Å². The van der Waals surface area contributed by atoms with Crippen LogP contribution >= 0.6 is 11.6 Å². The van der Waals surface area contributed by atoms with E-state index in [1.165, 1.54) is 18.2 Å². The maximum Gasteiger partial charge on any atom is 0.306 e. The van der Waals surface area contributed by atoms with Crippen molar-refractivity contribution in [3.05, 3.63) is 34.6 Å². The molecule has 0 aromatic heterocycles. The maximum atomic E-state index is 12.9. The number of carbonyl (C=O) groups excluding carboxylic acids is 1. The van der Waals surface area contributed by atoms with E-state index in [0.717, 1.165) is 0 Å². The predicted molar refractivity (Wildman–Crippen MR) is 76.6 cm³/mol.